The molecule has 0 aromatic carbocycles. The molecular formula is C20H31N3O2S. The highest BCUT2D eigenvalue weighted by atomic mass is 32.1. The molecule has 1 aliphatic carbocycles. The summed E-state index contributed by atoms with van der Waals surface area (Å²) in [5, 5.41) is 8.30. The van der Waals surface area contributed by atoms with Crippen molar-refractivity contribution < 1.29 is 9.59 Å². The second-order valence-electron chi connectivity index (χ2n) is 7.54. The number of urea groups is 1. The minimum absolute atomic E-state index is 0.0300. The second kappa shape index (κ2) is 9.95. The van der Waals surface area contributed by atoms with E-state index in [1.165, 1.54) is 24.1 Å². The Labute approximate surface area is 160 Å². The van der Waals surface area contributed by atoms with Gasteiger partial charge in [0, 0.05) is 36.5 Å². The van der Waals surface area contributed by atoms with Gasteiger partial charge in [0.15, 0.2) is 0 Å². The Kier molecular flexibility index (Phi) is 7.35. The molecule has 3 amide bonds. The lowest BCUT2D eigenvalue weighted by Gasteiger charge is -2.33. The van der Waals surface area contributed by atoms with E-state index in [0.29, 0.717) is 12.5 Å². The molecule has 6 heteroatoms. The fourth-order valence-electron chi connectivity index (χ4n) is 3.96. The van der Waals surface area contributed by atoms with E-state index >= 15 is 0 Å². The van der Waals surface area contributed by atoms with Crippen LogP contribution in [0, 0.1) is 0 Å². The van der Waals surface area contributed by atoms with Crippen LogP contribution >= 0.6 is 11.3 Å². The average Bonchev–Trinajstić information content (AvgIpc) is 3.16. The lowest BCUT2D eigenvalue weighted by molar-refractivity contribution is -0.132. The summed E-state index contributed by atoms with van der Waals surface area (Å²) in [6.07, 6.45) is 10.2. The van der Waals surface area contributed by atoms with Crippen molar-refractivity contribution in [3.63, 3.8) is 0 Å². The Morgan fingerprint density at radius 2 is 1.73 bits per heavy atom. The van der Waals surface area contributed by atoms with Gasteiger partial charge in [-0.05, 0) is 50.0 Å². The number of hydrogen-bond acceptors (Lipinski definition) is 3. The Morgan fingerprint density at radius 3 is 2.38 bits per heavy atom. The van der Waals surface area contributed by atoms with Gasteiger partial charge in [-0.3, -0.25) is 4.79 Å². The molecule has 1 aliphatic heterocycles. The average molecular weight is 378 g/mol. The van der Waals surface area contributed by atoms with Crippen molar-refractivity contribution in [3.05, 3.63) is 22.4 Å². The maximum atomic E-state index is 12.3. The molecule has 1 aromatic heterocycles. The molecule has 0 spiro atoms. The summed E-state index contributed by atoms with van der Waals surface area (Å²) in [7, 11) is 0. The summed E-state index contributed by atoms with van der Waals surface area (Å²) in [6.45, 7) is 1.51. The van der Waals surface area contributed by atoms with Crippen LogP contribution in [0.5, 0.6) is 0 Å². The smallest absolute Gasteiger partial charge is 0.315 e. The summed E-state index contributed by atoms with van der Waals surface area (Å²) < 4.78 is 0. The first-order chi connectivity index (χ1) is 12.7. The minimum Gasteiger partial charge on any atom is -0.343 e. The number of nitrogens with one attached hydrogen (secondary N) is 2. The van der Waals surface area contributed by atoms with Gasteiger partial charge in [-0.1, -0.05) is 25.3 Å². The Morgan fingerprint density at radius 1 is 1.04 bits per heavy atom. The van der Waals surface area contributed by atoms with Gasteiger partial charge < -0.3 is 15.5 Å². The van der Waals surface area contributed by atoms with Gasteiger partial charge >= 0.3 is 6.03 Å². The van der Waals surface area contributed by atoms with Crippen molar-refractivity contribution >= 4 is 23.3 Å². The zero-order chi connectivity index (χ0) is 18.2. The third-order valence-electron chi connectivity index (χ3n) is 5.52. The molecule has 1 aromatic rings. The van der Waals surface area contributed by atoms with E-state index in [-0.39, 0.29) is 18.0 Å². The van der Waals surface area contributed by atoms with Crippen molar-refractivity contribution in [2.24, 2.45) is 0 Å². The van der Waals surface area contributed by atoms with Gasteiger partial charge in [-0.2, -0.15) is 0 Å². The molecule has 144 valence electrons. The monoisotopic (exact) mass is 377 g/mol. The highest BCUT2D eigenvalue weighted by Gasteiger charge is 2.24. The van der Waals surface area contributed by atoms with E-state index in [1.807, 2.05) is 4.90 Å². The summed E-state index contributed by atoms with van der Waals surface area (Å²) in [4.78, 5) is 27.8. The molecule has 26 heavy (non-hydrogen) atoms. The molecule has 2 N–H and O–H groups in total. The van der Waals surface area contributed by atoms with Crippen molar-refractivity contribution in [1.29, 1.82) is 0 Å². The molecule has 2 fully saturated rings. The number of carbonyl (C=O) groups excluding carboxylic acids is 2. The van der Waals surface area contributed by atoms with Crippen LogP contribution < -0.4 is 10.6 Å². The quantitative estimate of drug-likeness (QED) is 0.794. The summed E-state index contributed by atoms with van der Waals surface area (Å²) in [6, 6.07) is 4.69. The standard InChI is InChI=1S/C20H31N3O2S/c24-19(10-4-8-18-9-5-15-26-18)23-13-11-17(12-14-23)22-20(25)21-16-6-2-1-3-7-16/h5,9,15-17H,1-4,6-8,10-14H2,(H2,21,22,25). The van der Waals surface area contributed by atoms with Crippen LogP contribution in [0.1, 0.15) is 62.7 Å². The van der Waals surface area contributed by atoms with E-state index in [9.17, 15) is 9.59 Å². The maximum Gasteiger partial charge on any atom is 0.315 e. The number of hydrogen-bond donors (Lipinski definition) is 2. The Hall–Kier alpha value is -1.56. The number of likely N-dealkylation sites (tertiary alicyclic amines) is 1. The Bertz CT molecular complexity index is 562. The van der Waals surface area contributed by atoms with Gasteiger partial charge in [-0.15, -0.1) is 11.3 Å². The first-order valence-corrected chi connectivity index (χ1v) is 11.0. The molecule has 3 rings (SSSR count). The predicted molar refractivity (Wildman–Crippen MR) is 105 cm³/mol. The van der Waals surface area contributed by atoms with E-state index in [4.69, 9.17) is 0 Å². The number of amides is 3. The van der Waals surface area contributed by atoms with E-state index in [0.717, 1.165) is 51.6 Å². The third kappa shape index (κ3) is 6.01. The molecule has 2 heterocycles. The van der Waals surface area contributed by atoms with Gasteiger partial charge in [0.2, 0.25) is 5.91 Å². The van der Waals surface area contributed by atoms with Crippen LogP contribution in [0.3, 0.4) is 0 Å². The van der Waals surface area contributed by atoms with Crippen molar-refractivity contribution in [2.45, 2.75) is 76.3 Å². The number of nitrogens with zero attached hydrogens (tertiary/aromatic N) is 1. The van der Waals surface area contributed by atoms with E-state index < -0.39 is 0 Å². The summed E-state index contributed by atoms with van der Waals surface area (Å²) >= 11 is 1.76. The largest absolute Gasteiger partial charge is 0.343 e. The van der Waals surface area contributed by atoms with Gasteiger partial charge in [-0.25, -0.2) is 4.79 Å². The molecule has 0 unspecified atom stereocenters. The number of piperidine rings is 1. The van der Waals surface area contributed by atoms with Crippen molar-refractivity contribution in [2.75, 3.05) is 13.1 Å². The van der Waals surface area contributed by atoms with Crippen molar-refractivity contribution in [3.8, 4) is 0 Å². The lowest BCUT2D eigenvalue weighted by atomic mass is 9.96. The zero-order valence-corrected chi connectivity index (χ0v) is 16.4. The van der Waals surface area contributed by atoms with Crippen LogP contribution in [0.15, 0.2) is 17.5 Å². The summed E-state index contributed by atoms with van der Waals surface area (Å²) in [5.74, 6) is 0.256. The second-order valence-corrected chi connectivity index (χ2v) is 8.57. The number of rotatable bonds is 6. The fraction of sp³-hybridized carbons (Fsp3) is 0.700. The van der Waals surface area contributed by atoms with Crippen LogP contribution in [0.4, 0.5) is 4.79 Å². The SMILES string of the molecule is O=C(NC1CCCCC1)NC1CCN(C(=O)CCCc2cccs2)CC1. The third-order valence-corrected chi connectivity index (χ3v) is 6.45. The van der Waals surface area contributed by atoms with Gasteiger partial charge in [0.25, 0.3) is 0 Å². The fourth-order valence-corrected chi connectivity index (χ4v) is 4.71. The molecule has 5 nitrogen and oxygen atoms in total. The molecule has 1 saturated heterocycles. The number of thiophene rings is 1. The minimum atomic E-state index is -0.0300. The highest BCUT2D eigenvalue weighted by Crippen LogP contribution is 2.18. The molecule has 0 atom stereocenters. The Balaban J connectivity index is 1.30. The summed E-state index contributed by atoms with van der Waals surface area (Å²) in [5.41, 5.74) is 0. The maximum absolute atomic E-state index is 12.3. The molecule has 0 bridgehead atoms. The highest BCUT2D eigenvalue weighted by molar-refractivity contribution is 7.09. The predicted octanol–water partition coefficient (Wildman–Crippen LogP) is 3.69. The van der Waals surface area contributed by atoms with Crippen molar-refractivity contribution in [1.82, 2.24) is 15.5 Å². The van der Waals surface area contributed by atoms with Gasteiger partial charge in [0.05, 0.1) is 0 Å². The normalized spacial score (nSPS) is 19.3. The van der Waals surface area contributed by atoms with Crippen LogP contribution in [0.25, 0.3) is 0 Å². The van der Waals surface area contributed by atoms with Crippen LogP contribution in [0.2, 0.25) is 0 Å². The molecule has 1 saturated carbocycles. The van der Waals surface area contributed by atoms with Gasteiger partial charge in [0.1, 0.15) is 0 Å². The zero-order valence-electron chi connectivity index (χ0n) is 15.5. The number of carbonyl (C=O) groups is 2. The first kappa shape index (κ1) is 19.2. The van der Waals surface area contributed by atoms with Crippen LogP contribution in [-0.2, 0) is 11.2 Å². The molecular weight excluding hydrogens is 346 g/mol. The number of aryl methyl sites for hydroxylation is 1. The first-order valence-electron chi connectivity index (χ1n) is 10.1. The topological polar surface area (TPSA) is 61.4 Å². The van der Waals surface area contributed by atoms with Crippen LogP contribution in [-0.4, -0.2) is 42.0 Å². The molecule has 0 radical (unpaired) electrons. The molecule has 2 aliphatic rings. The van der Waals surface area contributed by atoms with E-state index in [1.54, 1.807) is 11.3 Å². The lowest BCUT2D eigenvalue weighted by Crippen LogP contribution is -2.51. The van der Waals surface area contributed by atoms with E-state index in [2.05, 4.69) is 28.1 Å².